The van der Waals surface area contributed by atoms with Gasteiger partial charge in [-0.05, 0) is 18.8 Å². The van der Waals surface area contributed by atoms with E-state index >= 15 is 0 Å². The highest BCUT2D eigenvalue weighted by Gasteiger charge is 2.37. The number of aliphatic hydroxyl groups is 1. The first-order valence-electron chi connectivity index (χ1n) is 7.37. The quantitative estimate of drug-likeness (QED) is 0.839. The van der Waals surface area contributed by atoms with E-state index in [0.717, 1.165) is 25.3 Å². The van der Waals surface area contributed by atoms with Gasteiger partial charge < -0.3 is 10.0 Å². The maximum atomic E-state index is 12.4. The Balaban J connectivity index is 1.88. The Labute approximate surface area is 111 Å². The maximum absolute atomic E-state index is 12.4. The first-order valence-corrected chi connectivity index (χ1v) is 7.37. The maximum Gasteiger partial charge on any atom is 0.225 e. The first-order chi connectivity index (χ1) is 8.40. The van der Waals surface area contributed by atoms with Crippen molar-refractivity contribution in [1.29, 1.82) is 0 Å². The Bertz CT molecular complexity index is 310. The van der Waals surface area contributed by atoms with Gasteiger partial charge in [0.1, 0.15) is 0 Å². The minimum atomic E-state index is -0.275. The van der Waals surface area contributed by atoms with Gasteiger partial charge >= 0.3 is 0 Å². The molecule has 1 saturated carbocycles. The molecular weight excluding hydrogens is 226 g/mol. The zero-order valence-corrected chi connectivity index (χ0v) is 12.0. The molecule has 1 heterocycles. The van der Waals surface area contributed by atoms with Crippen LogP contribution < -0.4 is 0 Å². The van der Waals surface area contributed by atoms with Crippen LogP contribution in [0.5, 0.6) is 0 Å². The summed E-state index contributed by atoms with van der Waals surface area (Å²) in [5.74, 6) is 1.23. The standard InChI is InChI=1S/C15H27NO2/c1-11(9-12-5-4-6-12)14(18)16-8-7-13(17)15(2,3)10-16/h11-13,17H,4-10H2,1-3H3/t11-,13?/m1/s1. The molecule has 0 radical (unpaired) electrons. The molecular formula is C15H27NO2. The predicted octanol–water partition coefficient (Wildman–Crippen LogP) is 2.43. The molecule has 2 atom stereocenters. The molecule has 2 rings (SSSR count). The normalized spacial score (nSPS) is 29.8. The van der Waals surface area contributed by atoms with E-state index in [1.807, 2.05) is 18.7 Å². The molecule has 104 valence electrons. The zero-order valence-electron chi connectivity index (χ0n) is 12.0. The van der Waals surface area contributed by atoms with Crippen molar-refractivity contribution in [2.24, 2.45) is 17.3 Å². The molecule has 0 bridgehead atoms. The fraction of sp³-hybridized carbons (Fsp3) is 0.933. The van der Waals surface area contributed by atoms with Crippen molar-refractivity contribution < 1.29 is 9.90 Å². The number of hydrogen-bond donors (Lipinski definition) is 1. The molecule has 1 aliphatic carbocycles. The topological polar surface area (TPSA) is 40.5 Å². The van der Waals surface area contributed by atoms with Gasteiger partial charge in [-0.2, -0.15) is 0 Å². The molecule has 3 nitrogen and oxygen atoms in total. The van der Waals surface area contributed by atoms with Crippen molar-refractivity contribution in [1.82, 2.24) is 4.90 Å². The second-order valence-corrected chi connectivity index (χ2v) is 6.99. The summed E-state index contributed by atoms with van der Waals surface area (Å²) in [6.45, 7) is 7.58. The number of hydrogen-bond acceptors (Lipinski definition) is 2. The third-order valence-corrected chi connectivity index (χ3v) is 4.82. The van der Waals surface area contributed by atoms with Gasteiger partial charge in [0, 0.05) is 24.4 Å². The zero-order chi connectivity index (χ0) is 13.3. The largest absolute Gasteiger partial charge is 0.392 e. The highest BCUT2D eigenvalue weighted by molar-refractivity contribution is 5.78. The number of amides is 1. The van der Waals surface area contributed by atoms with E-state index in [9.17, 15) is 9.90 Å². The van der Waals surface area contributed by atoms with E-state index < -0.39 is 0 Å². The average Bonchev–Trinajstić information content (AvgIpc) is 2.26. The SMILES string of the molecule is C[C@H](CC1CCC1)C(=O)N1CCC(O)C(C)(C)C1. The number of likely N-dealkylation sites (tertiary alicyclic amines) is 1. The number of piperidine rings is 1. The summed E-state index contributed by atoms with van der Waals surface area (Å²) in [6.07, 6.45) is 5.45. The average molecular weight is 253 g/mol. The monoisotopic (exact) mass is 253 g/mol. The van der Waals surface area contributed by atoms with Crippen LogP contribution in [0.15, 0.2) is 0 Å². The van der Waals surface area contributed by atoms with E-state index in [0.29, 0.717) is 12.5 Å². The molecule has 1 N–H and O–H groups in total. The third kappa shape index (κ3) is 2.87. The van der Waals surface area contributed by atoms with Crippen molar-refractivity contribution in [3.8, 4) is 0 Å². The highest BCUT2D eigenvalue weighted by atomic mass is 16.3. The molecule has 0 spiro atoms. The first kappa shape index (κ1) is 13.9. The fourth-order valence-electron chi connectivity index (χ4n) is 3.17. The molecule has 0 aromatic carbocycles. The minimum Gasteiger partial charge on any atom is -0.392 e. The van der Waals surface area contributed by atoms with Gasteiger partial charge in [0.25, 0.3) is 0 Å². The van der Waals surface area contributed by atoms with E-state index in [4.69, 9.17) is 0 Å². The van der Waals surface area contributed by atoms with Crippen LogP contribution in [0.1, 0.15) is 52.9 Å². The van der Waals surface area contributed by atoms with E-state index in [2.05, 4.69) is 6.92 Å². The number of nitrogens with zero attached hydrogens (tertiary/aromatic N) is 1. The lowest BCUT2D eigenvalue weighted by molar-refractivity contribution is -0.142. The molecule has 0 aromatic heterocycles. The molecule has 2 aliphatic rings. The number of aliphatic hydroxyl groups excluding tert-OH is 1. The lowest BCUT2D eigenvalue weighted by Crippen LogP contribution is -2.52. The smallest absolute Gasteiger partial charge is 0.225 e. The van der Waals surface area contributed by atoms with Crippen molar-refractivity contribution in [3.05, 3.63) is 0 Å². The summed E-state index contributed by atoms with van der Waals surface area (Å²) >= 11 is 0. The lowest BCUT2D eigenvalue weighted by Gasteiger charge is -2.43. The van der Waals surface area contributed by atoms with Crippen LogP contribution in [0, 0.1) is 17.3 Å². The minimum absolute atomic E-state index is 0.154. The predicted molar refractivity (Wildman–Crippen MR) is 72.1 cm³/mol. The molecule has 2 fully saturated rings. The fourth-order valence-corrected chi connectivity index (χ4v) is 3.17. The van der Waals surface area contributed by atoms with Crippen LogP contribution >= 0.6 is 0 Å². The van der Waals surface area contributed by atoms with Crippen LogP contribution in [0.3, 0.4) is 0 Å². The second kappa shape index (κ2) is 5.20. The van der Waals surface area contributed by atoms with Crippen LogP contribution in [0.2, 0.25) is 0 Å². The van der Waals surface area contributed by atoms with Gasteiger partial charge in [0.2, 0.25) is 5.91 Å². The van der Waals surface area contributed by atoms with Crippen molar-refractivity contribution in [2.75, 3.05) is 13.1 Å². The Kier molecular flexibility index (Phi) is 4.00. The molecule has 1 unspecified atom stereocenters. The summed E-state index contributed by atoms with van der Waals surface area (Å²) in [4.78, 5) is 14.4. The Morgan fingerprint density at radius 1 is 1.39 bits per heavy atom. The summed E-state index contributed by atoms with van der Waals surface area (Å²) in [5.41, 5.74) is -0.163. The third-order valence-electron chi connectivity index (χ3n) is 4.82. The molecule has 18 heavy (non-hydrogen) atoms. The molecule has 1 amide bonds. The van der Waals surface area contributed by atoms with Gasteiger partial charge in [-0.3, -0.25) is 4.79 Å². The van der Waals surface area contributed by atoms with Crippen LogP contribution in [0.4, 0.5) is 0 Å². The van der Waals surface area contributed by atoms with Crippen LogP contribution in [0.25, 0.3) is 0 Å². The van der Waals surface area contributed by atoms with Gasteiger partial charge in [-0.1, -0.05) is 40.0 Å². The molecule has 1 aliphatic heterocycles. The van der Waals surface area contributed by atoms with Crippen LogP contribution in [-0.4, -0.2) is 35.1 Å². The summed E-state index contributed by atoms with van der Waals surface area (Å²) < 4.78 is 0. The second-order valence-electron chi connectivity index (χ2n) is 6.99. The Hall–Kier alpha value is -0.570. The van der Waals surface area contributed by atoms with Gasteiger partial charge in [0.05, 0.1) is 6.10 Å². The number of carbonyl (C=O) groups excluding carboxylic acids is 1. The van der Waals surface area contributed by atoms with E-state index in [-0.39, 0.29) is 17.4 Å². The molecule has 1 saturated heterocycles. The lowest BCUT2D eigenvalue weighted by atomic mass is 9.78. The summed E-state index contributed by atoms with van der Waals surface area (Å²) in [7, 11) is 0. The Morgan fingerprint density at radius 2 is 2.06 bits per heavy atom. The van der Waals surface area contributed by atoms with Gasteiger partial charge in [-0.25, -0.2) is 0 Å². The summed E-state index contributed by atoms with van der Waals surface area (Å²) in [6, 6.07) is 0. The van der Waals surface area contributed by atoms with Gasteiger partial charge in [-0.15, -0.1) is 0 Å². The Morgan fingerprint density at radius 3 is 2.56 bits per heavy atom. The highest BCUT2D eigenvalue weighted by Crippen LogP contribution is 2.34. The molecule has 3 heteroatoms. The van der Waals surface area contributed by atoms with Crippen molar-refractivity contribution in [3.63, 3.8) is 0 Å². The van der Waals surface area contributed by atoms with E-state index in [1.54, 1.807) is 0 Å². The van der Waals surface area contributed by atoms with Crippen molar-refractivity contribution in [2.45, 2.75) is 59.0 Å². The van der Waals surface area contributed by atoms with E-state index in [1.165, 1.54) is 19.3 Å². The molecule has 0 aromatic rings. The number of carbonyl (C=O) groups is 1. The van der Waals surface area contributed by atoms with Crippen molar-refractivity contribution >= 4 is 5.91 Å². The van der Waals surface area contributed by atoms with Gasteiger partial charge in [0.15, 0.2) is 0 Å². The number of rotatable bonds is 3. The summed E-state index contributed by atoms with van der Waals surface area (Å²) in [5, 5.41) is 9.93. The van der Waals surface area contributed by atoms with Crippen LogP contribution in [-0.2, 0) is 4.79 Å².